The molecule has 10 heteroatoms. The molecule has 82 heavy (non-hydrogen) atoms. The van der Waals surface area contributed by atoms with Crippen molar-refractivity contribution in [1.29, 1.82) is 0 Å². The van der Waals surface area contributed by atoms with Gasteiger partial charge in [0.25, 0.3) is 0 Å². The van der Waals surface area contributed by atoms with Gasteiger partial charge in [0.1, 0.15) is 0 Å². The SMILES string of the molecule is C.CC(C)N1CCC(C(C)(C)C)CC1.CC(C)N1CCC(CC(C)(C)C)CC1.CC(C)N1CCN(C(C)(C)C)CC1.CC(C)N1CCN(CC(C)(C)C)CC1.CC(C)N1CCOC(C(C)(C)C)C1.CC(C)N1CCOC(CC(C)(C)C)C1. The normalized spacial score (nSPS) is 23.3. The molecule has 0 N–H and O–H groups in total. The Kier molecular flexibility index (Phi) is 37.4. The van der Waals surface area contributed by atoms with E-state index >= 15 is 0 Å². The third-order valence-corrected chi connectivity index (χ3v) is 18.1. The van der Waals surface area contributed by atoms with E-state index in [1.165, 1.54) is 117 Å². The molecule has 2 atom stereocenters. The van der Waals surface area contributed by atoms with E-state index in [-0.39, 0.29) is 12.8 Å². The molecule has 6 aliphatic heterocycles. The number of ether oxygens (including phenoxy) is 2. The predicted octanol–water partition coefficient (Wildman–Crippen LogP) is 15.9. The van der Waals surface area contributed by atoms with Crippen LogP contribution in [-0.2, 0) is 9.47 Å². The zero-order chi connectivity index (χ0) is 62.5. The van der Waals surface area contributed by atoms with Crippen molar-refractivity contribution >= 4 is 0 Å². The van der Waals surface area contributed by atoms with E-state index in [2.05, 4.69) is 247 Å². The average molecular weight is 1160 g/mol. The standard InChI is InChI=1S/C13H27N.C12H26N2.C12H25NO.C12H25N.C11H24N2.C11H23NO.CH4/c1-11(2)14-8-6-12(7-9-14)10-13(3,4)5;1-11(2)14-8-6-13(7-9-14)10-12(3,4)5;1-10(2)13-6-7-14-11(9-13)8-12(3,4)5;1-10(2)13-8-6-11(7-9-13)12(3,4)5;1-10(2)12-6-8-13(9-7-12)11(3,4)5;1-9(2)12-6-7-13-10(8-12)11(3,4)5;/h11-12H,6-10H2,1-5H3;11H,6-10H2,1-5H3;10-11H,6-9H2,1-5H3;10-11H,6-9H2,1-5H3;10H,6-9H2,1-5H3;9-10H,6-8H2,1-5H3;1H4. The van der Waals surface area contributed by atoms with Crippen LogP contribution in [0.3, 0.4) is 0 Å². The summed E-state index contributed by atoms with van der Waals surface area (Å²) < 4.78 is 11.6. The molecule has 10 nitrogen and oxygen atoms in total. The number of hydrogen-bond donors (Lipinski definition) is 0. The summed E-state index contributed by atoms with van der Waals surface area (Å²) in [4.78, 5) is 20.5. The van der Waals surface area contributed by atoms with E-state index < -0.39 is 0 Å². The minimum Gasteiger partial charge on any atom is -0.376 e. The highest BCUT2D eigenvalue weighted by Gasteiger charge is 2.33. The van der Waals surface area contributed by atoms with Gasteiger partial charge in [-0.05, 0) is 207 Å². The Labute approximate surface area is 517 Å². The first-order chi connectivity index (χ1) is 36.9. The summed E-state index contributed by atoms with van der Waals surface area (Å²) in [5, 5.41) is 0. The Balaban J connectivity index is 0.000000958. The van der Waals surface area contributed by atoms with E-state index in [9.17, 15) is 0 Å². The van der Waals surface area contributed by atoms with Crippen LogP contribution in [0.5, 0.6) is 0 Å². The van der Waals surface area contributed by atoms with Crippen molar-refractivity contribution in [2.75, 3.05) is 124 Å². The molecule has 6 rings (SSSR count). The number of piperazine rings is 2. The van der Waals surface area contributed by atoms with Crippen molar-refractivity contribution < 1.29 is 9.47 Å². The Bertz CT molecular complexity index is 1480. The van der Waals surface area contributed by atoms with Crippen molar-refractivity contribution in [2.45, 2.75) is 308 Å². The molecule has 6 heterocycles. The van der Waals surface area contributed by atoms with Crippen LogP contribution >= 0.6 is 0 Å². The van der Waals surface area contributed by atoms with Gasteiger partial charge in [0.2, 0.25) is 0 Å². The molecule has 0 radical (unpaired) electrons. The van der Waals surface area contributed by atoms with Crippen molar-refractivity contribution in [1.82, 2.24) is 39.2 Å². The summed E-state index contributed by atoms with van der Waals surface area (Å²) in [5.74, 6) is 1.91. The summed E-state index contributed by atoms with van der Waals surface area (Å²) in [6.45, 7) is 91.6. The Morgan fingerprint density at radius 1 is 0.354 bits per heavy atom. The van der Waals surface area contributed by atoms with Crippen LogP contribution in [0.25, 0.3) is 0 Å². The Morgan fingerprint density at radius 2 is 0.707 bits per heavy atom. The fourth-order valence-electron chi connectivity index (χ4n) is 12.5. The molecule has 0 amide bonds. The zero-order valence-corrected chi connectivity index (χ0v) is 60.8. The van der Waals surface area contributed by atoms with Crippen LogP contribution < -0.4 is 0 Å². The molecule has 2 unspecified atom stereocenters. The molecule has 0 bridgehead atoms. The molecule has 0 aromatic carbocycles. The lowest BCUT2D eigenvalue weighted by atomic mass is 9.75. The number of rotatable bonds is 9. The maximum Gasteiger partial charge on any atom is 0.0750 e. The summed E-state index contributed by atoms with van der Waals surface area (Å²) in [5.41, 5.74) is 2.48. The smallest absolute Gasteiger partial charge is 0.0750 e. The quantitative estimate of drug-likeness (QED) is 0.223. The lowest BCUT2D eigenvalue weighted by Gasteiger charge is -2.43. The first-order valence-electron chi connectivity index (χ1n) is 34.0. The summed E-state index contributed by atoms with van der Waals surface area (Å²) in [6, 6.07) is 4.20. The van der Waals surface area contributed by atoms with E-state index in [0.29, 0.717) is 63.6 Å². The zero-order valence-electron chi connectivity index (χ0n) is 60.8. The topological polar surface area (TPSA) is 44.4 Å². The van der Waals surface area contributed by atoms with Gasteiger partial charge < -0.3 is 24.2 Å². The van der Waals surface area contributed by atoms with Gasteiger partial charge in [-0.2, -0.15) is 0 Å². The molecule has 6 aliphatic rings. The van der Waals surface area contributed by atoms with E-state index in [1.807, 2.05) is 0 Å². The molecular formula is C72H154N8O2. The number of piperidine rings is 2. The highest BCUT2D eigenvalue weighted by molar-refractivity contribution is 4.86. The van der Waals surface area contributed by atoms with E-state index in [4.69, 9.17) is 9.47 Å². The van der Waals surface area contributed by atoms with Crippen LogP contribution in [0.15, 0.2) is 0 Å². The second kappa shape index (κ2) is 37.6. The maximum atomic E-state index is 5.79. The first kappa shape index (κ1) is 81.6. The number of nitrogens with zero attached hydrogens (tertiary/aromatic N) is 8. The molecule has 494 valence electrons. The van der Waals surface area contributed by atoms with Gasteiger partial charge in [-0.25, -0.2) is 0 Å². The lowest BCUT2D eigenvalue weighted by molar-refractivity contribution is -0.0866. The molecule has 0 aliphatic carbocycles. The molecule has 6 saturated heterocycles. The van der Waals surface area contributed by atoms with Crippen LogP contribution in [-0.4, -0.2) is 218 Å². The fourth-order valence-corrected chi connectivity index (χ4v) is 12.5. The summed E-state index contributed by atoms with van der Waals surface area (Å²) in [6.07, 6.45) is 9.00. The number of likely N-dealkylation sites (tertiary alicyclic amines) is 2. The van der Waals surface area contributed by atoms with Crippen LogP contribution in [0.1, 0.15) is 254 Å². The third kappa shape index (κ3) is 36.2. The van der Waals surface area contributed by atoms with Crippen molar-refractivity contribution in [3.8, 4) is 0 Å². The maximum absolute atomic E-state index is 5.79. The molecule has 0 aromatic rings. The van der Waals surface area contributed by atoms with Crippen LogP contribution in [0.2, 0.25) is 0 Å². The lowest BCUT2D eigenvalue weighted by Crippen LogP contribution is -2.54. The van der Waals surface area contributed by atoms with E-state index in [0.717, 1.165) is 69.7 Å². The molecule has 0 saturated carbocycles. The van der Waals surface area contributed by atoms with Crippen molar-refractivity contribution in [3.05, 3.63) is 0 Å². The van der Waals surface area contributed by atoms with Gasteiger partial charge in [0.15, 0.2) is 0 Å². The molecule has 0 spiro atoms. The highest BCUT2D eigenvalue weighted by Crippen LogP contribution is 2.35. The number of morpholine rings is 2. The second-order valence-corrected chi connectivity index (χ2v) is 34.5. The fraction of sp³-hybridized carbons (Fsp3) is 1.00. The second-order valence-electron chi connectivity index (χ2n) is 34.5. The predicted molar refractivity (Wildman–Crippen MR) is 366 cm³/mol. The molecule has 6 fully saturated rings. The highest BCUT2D eigenvalue weighted by atomic mass is 16.5. The van der Waals surface area contributed by atoms with Crippen molar-refractivity contribution in [2.24, 2.45) is 38.9 Å². The van der Waals surface area contributed by atoms with Crippen molar-refractivity contribution in [3.63, 3.8) is 0 Å². The molecule has 0 aromatic heterocycles. The van der Waals surface area contributed by atoms with Crippen LogP contribution in [0.4, 0.5) is 0 Å². The van der Waals surface area contributed by atoms with Gasteiger partial charge in [-0.1, -0.05) is 111 Å². The number of hydrogen-bond acceptors (Lipinski definition) is 10. The van der Waals surface area contributed by atoms with Gasteiger partial charge in [0, 0.05) is 127 Å². The Hall–Kier alpha value is -0.400. The average Bonchev–Trinajstić information content (AvgIpc) is 3.33. The Morgan fingerprint density at radius 3 is 1.05 bits per heavy atom. The minimum absolute atomic E-state index is 0. The largest absolute Gasteiger partial charge is 0.376 e. The third-order valence-electron chi connectivity index (χ3n) is 18.1. The van der Waals surface area contributed by atoms with Gasteiger partial charge in [-0.3, -0.25) is 24.5 Å². The van der Waals surface area contributed by atoms with E-state index in [1.54, 1.807) is 0 Å². The molecular weight excluding hydrogens is 1010 g/mol. The van der Waals surface area contributed by atoms with Gasteiger partial charge >= 0.3 is 0 Å². The monoisotopic (exact) mass is 1160 g/mol. The van der Waals surface area contributed by atoms with Gasteiger partial charge in [0.05, 0.1) is 25.4 Å². The minimum atomic E-state index is 0. The first-order valence-corrected chi connectivity index (χ1v) is 34.0. The summed E-state index contributed by atoms with van der Waals surface area (Å²) >= 11 is 0. The van der Waals surface area contributed by atoms with Gasteiger partial charge in [-0.15, -0.1) is 0 Å². The van der Waals surface area contributed by atoms with Crippen LogP contribution in [0, 0.1) is 38.9 Å². The summed E-state index contributed by atoms with van der Waals surface area (Å²) in [7, 11) is 0.